The Bertz CT molecular complexity index is 792. The summed E-state index contributed by atoms with van der Waals surface area (Å²) in [5.41, 5.74) is 2.55. The Hall–Kier alpha value is -2.53. The van der Waals surface area contributed by atoms with Gasteiger partial charge in [-0.1, -0.05) is 35.9 Å². The van der Waals surface area contributed by atoms with Crippen molar-refractivity contribution in [2.24, 2.45) is 0 Å². The minimum absolute atomic E-state index is 0.0174. The van der Waals surface area contributed by atoms with Crippen LogP contribution in [-0.2, 0) is 16.0 Å². The van der Waals surface area contributed by atoms with E-state index in [0.29, 0.717) is 23.7 Å². The Labute approximate surface area is 158 Å². The zero-order valence-corrected chi connectivity index (χ0v) is 16.0. The molecule has 0 aliphatic rings. The van der Waals surface area contributed by atoms with Crippen molar-refractivity contribution in [1.82, 2.24) is 4.90 Å². The summed E-state index contributed by atoms with van der Waals surface area (Å²) in [4.78, 5) is 25.8. The summed E-state index contributed by atoms with van der Waals surface area (Å²) in [7, 11) is 1.61. The highest BCUT2D eigenvalue weighted by Gasteiger charge is 2.15. The van der Waals surface area contributed by atoms with Gasteiger partial charge < -0.3 is 15.0 Å². The van der Waals surface area contributed by atoms with Crippen LogP contribution >= 0.6 is 11.6 Å². The van der Waals surface area contributed by atoms with Crippen molar-refractivity contribution in [2.75, 3.05) is 25.5 Å². The second kappa shape index (κ2) is 9.25. The zero-order valence-electron chi connectivity index (χ0n) is 15.2. The van der Waals surface area contributed by atoms with Crippen LogP contribution in [0.2, 0.25) is 5.02 Å². The third kappa shape index (κ3) is 5.49. The van der Waals surface area contributed by atoms with Crippen LogP contribution in [-0.4, -0.2) is 36.9 Å². The average molecular weight is 375 g/mol. The fourth-order valence-electron chi connectivity index (χ4n) is 2.60. The summed E-state index contributed by atoms with van der Waals surface area (Å²) >= 11 is 5.97. The van der Waals surface area contributed by atoms with Gasteiger partial charge in [0.2, 0.25) is 11.8 Å². The number of nitrogens with zero attached hydrogens (tertiary/aromatic N) is 1. The molecule has 26 heavy (non-hydrogen) atoms. The number of amides is 2. The van der Waals surface area contributed by atoms with Crippen molar-refractivity contribution in [3.05, 3.63) is 58.6 Å². The van der Waals surface area contributed by atoms with Crippen LogP contribution in [0.5, 0.6) is 5.75 Å². The van der Waals surface area contributed by atoms with E-state index in [4.69, 9.17) is 16.3 Å². The first kappa shape index (κ1) is 19.8. The fourth-order valence-corrected chi connectivity index (χ4v) is 2.78. The lowest BCUT2D eigenvalue weighted by Crippen LogP contribution is -2.38. The molecule has 138 valence electrons. The Balaban J connectivity index is 2.00. The fraction of sp³-hybridized carbons (Fsp3) is 0.300. The van der Waals surface area contributed by atoms with Crippen LogP contribution < -0.4 is 10.1 Å². The number of nitrogens with one attached hydrogen (secondary N) is 1. The number of anilines is 1. The molecule has 2 rings (SSSR count). The van der Waals surface area contributed by atoms with E-state index in [9.17, 15) is 9.59 Å². The zero-order chi connectivity index (χ0) is 19.1. The maximum Gasteiger partial charge on any atom is 0.244 e. The lowest BCUT2D eigenvalue weighted by atomic mass is 10.1. The normalized spacial score (nSPS) is 10.3. The number of carbonyl (C=O) groups is 2. The number of halogens is 1. The monoisotopic (exact) mass is 374 g/mol. The molecule has 5 nitrogen and oxygen atoms in total. The van der Waals surface area contributed by atoms with Gasteiger partial charge >= 0.3 is 0 Å². The number of hydrogen-bond acceptors (Lipinski definition) is 3. The van der Waals surface area contributed by atoms with Crippen LogP contribution in [0.15, 0.2) is 42.5 Å². The highest BCUT2D eigenvalue weighted by Crippen LogP contribution is 2.20. The predicted molar refractivity (Wildman–Crippen MR) is 104 cm³/mol. The minimum atomic E-state index is -0.259. The predicted octanol–water partition coefficient (Wildman–Crippen LogP) is 3.69. The summed E-state index contributed by atoms with van der Waals surface area (Å²) in [6.07, 6.45) is 0.604. The SMILES string of the molecule is COc1ccccc1CCN(CC(=O)Nc1cc(Cl)ccc1C)C(C)=O. The van der Waals surface area contributed by atoms with Gasteiger partial charge in [0, 0.05) is 24.2 Å². The molecule has 2 aromatic rings. The van der Waals surface area contributed by atoms with Crippen LogP contribution in [0.25, 0.3) is 0 Å². The van der Waals surface area contributed by atoms with Gasteiger partial charge in [0.25, 0.3) is 0 Å². The molecule has 0 fully saturated rings. The second-order valence-electron chi connectivity index (χ2n) is 6.01. The van der Waals surface area contributed by atoms with Crippen molar-refractivity contribution in [1.29, 1.82) is 0 Å². The number of aryl methyl sites for hydroxylation is 1. The van der Waals surface area contributed by atoms with E-state index in [0.717, 1.165) is 16.9 Å². The van der Waals surface area contributed by atoms with Gasteiger partial charge in [-0.15, -0.1) is 0 Å². The summed E-state index contributed by atoms with van der Waals surface area (Å²) in [6, 6.07) is 12.9. The van der Waals surface area contributed by atoms with Gasteiger partial charge in [-0.2, -0.15) is 0 Å². The highest BCUT2D eigenvalue weighted by molar-refractivity contribution is 6.31. The molecule has 0 heterocycles. The van der Waals surface area contributed by atoms with E-state index in [1.54, 1.807) is 19.2 Å². The van der Waals surface area contributed by atoms with E-state index < -0.39 is 0 Å². The standard InChI is InChI=1S/C20H23ClN2O3/c1-14-8-9-17(21)12-18(14)22-20(25)13-23(15(2)24)11-10-16-6-4-5-7-19(16)26-3/h4-9,12H,10-11,13H2,1-3H3,(H,22,25). The Morgan fingerprint density at radius 1 is 1.19 bits per heavy atom. The highest BCUT2D eigenvalue weighted by atomic mass is 35.5. The molecule has 0 spiro atoms. The summed E-state index contributed by atoms with van der Waals surface area (Å²) < 4.78 is 5.33. The first-order valence-electron chi connectivity index (χ1n) is 8.34. The quantitative estimate of drug-likeness (QED) is 0.804. The van der Waals surface area contributed by atoms with Crippen LogP contribution in [0.3, 0.4) is 0 Å². The van der Waals surface area contributed by atoms with Crippen LogP contribution in [0, 0.1) is 6.92 Å². The van der Waals surface area contributed by atoms with Gasteiger partial charge in [0.05, 0.1) is 13.7 Å². The van der Waals surface area contributed by atoms with E-state index in [1.165, 1.54) is 11.8 Å². The minimum Gasteiger partial charge on any atom is -0.496 e. The first-order valence-corrected chi connectivity index (χ1v) is 8.72. The largest absolute Gasteiger partial charge is 0.496 e. The van der Waals surface area contributed by atoms with Crippen molar-refractivity contribution >= 4 is 29.1 Å². The third-order valence-corrected chi connectivity index (χ3v) is 4.33. The molecule has 0 aromatic heterocycles. The molecule has 0 saturated heterocycles. The number of carbonyl (C=O) groups excluding carboxylic acids is 2. The van der Waals surface area contributed by atoms with Gasteiger partial charge in [-0.25, -0.2) is 0 Å². The van der Waals surface area contributed by atoms with Crippen molar-refractivity contribution < 1.29 is 14.3 Å². The molecule has 2 aromatic carbocycles. The average Bonchev–Trinajstić information content (AvgIpc) is 2.61. The molecule has 1 N–H and O–H groups in total. The lowest BCUT2D eigenvalue weighted by Gasteiger charge is -2.21. The van der Waals surface area contributed by atoms with Crippen LogP contribution in [0.1, 0.15) is 18.1 Å². The third-order valence-electron chi connectivity index (χ3n) is 4.10. The van der Waals surface area contributed by atoms with Gasteiger partial charge in [0.1, 0.15) is 5.75 Å². The molecule has 0 saturated carbocycles. The molecule has 6 heteroatoms. The number of benzene rings is 2. The lowest BCUT2D eigenvalue weighted by molar-refractivity contribution is -0.132. The van der Waals surface area contributed by atoms with E-state index >= 15 is 0 Å². The molecular formula is C20H23ClN2O3. The van der Waals surface area contributed by atoms with Gasteiger partial charge in [0.15, 0.2) is 0 Å². The van der Waals surface area contributed by atoms with E-state index in [1.807, 2.05) is 37.3 Å². The molecule has 0 aliphatic carbocycles. The molecule has 0 radical (unpaired) electrons. The smallest absolute Gasteiger partial charge is 0.244 e. The number of ether oxygens (including phenoxy) is 1. The van der Waals surface area contributed by atoms with E-state index in [-0.39, 0.29) is 18.4 Å². The van der Waals surface area contributed by atoms with Crippen molar-refractivity contribution in [2.45, 2.75) is 20.3 Å². The first-order chi connectivity index (χ1) is 12.4. The van der Waals surface area contributed by atoms with Gasteiger partial charge in [-0.05, 0) is 42.7 Å². The van der Waals surface area contributed by atoms with Gasteiger partial charge in [-0.3, -0.25) is 9.59 Å². The maximum absolute atomic E-state index is 12.4. The second-order valence-corrected chi connectivity index (χ2v) is 6.45. The number of rotatable bonds is 7. The van der Waals surface area contributed by atoms with Crippen LogP contribution in [0.4, 0.5) is 5.69 Å². The van der Waals surface area contributed by atoms with E-state index in [2.05, 4.69) is 5.32 Å². The number of hydrogen-bond donors (Lipinski definition) is 1. The molecule has 0 unspecified atom stereocenters. The Kier molecular flexibility index (Phi) is 7.04. The summed E-state index contributed by atoms with van der Waals surface area (Å²) in [6.45, 7) is 3.75. The topological polar surface area (TPSA) is 58.6 Å². The molecule has 0 atom stereocenters. The maximum atomic E-state index is 12.4. The molecular weight excluding hydrogens is 352 g/mol. The Morgan fingerprint density at radius 3 is 2.62 bits per heavy atom. The Morgan fingerprint density at radius 2 is 1.92 bits per heavy atom. The molecule has 2 amide bonds. The summed E-state index contributed by atoms with van der Waals surface area (Å²) in [5.74, 6) is 0.360. The number of para-hydroxylation sites is 1. The molecule has 0 bridgehead atoms. The molecule has 0 aliphatic heterocycles. The summed E-state index contributed by atoms with van der Waals surface area (Å²) in [5, 5.41) is 3.36. The number of methoxy groups -OCH3 is 1. The van der Waals surface area contributed by atoms with Crippen molar-refractivity contribution in [3.63, 3.8) is 0 Å². The van der Waals surface area contributed by atoms with Crippen molar-refractivity contribution in [3.8, 4) is 5.75 Å².